The third-order valence-corrected chi connectivity index (χ3v) is 4.22. The Labute approximate surface area is 114 Å². The van der Waals surface area contributed by atoms with Crippen LogP contribution in [-0.4, -0.2) is 16.3 Å². The summed E-state index contributed by atoms with van der Waals surface area (Å²) in [6.07, 6.45) is 0.612. The number of fused-ring (bicyclic) bond motifs is 2. The Bertz CT molecular complexity index is 655. The number of rotatable bonds is 1. The van der Waals surface area contributed by atoms with E-state index in [1.54, 1.807) is 6.07 Å². The molecule has 1 aliphatic rings. The average molecular weight is 283 g/mol. The van der Waals surface area contributed by atoms with E-state index in [0.717, 1.165) is 38.2 Å². The van der Waals surface area contributed by atoms with Crippen LogP contribution in [0.25, 0.3) is 10.9 Å². The van der Waals surface area contributed by atoms with E-state index < -0.39 is 11.8 Å². The predicted octanol–water partition coefficient (Wildman–Crippen LogP) is 3.82. The molecule has 20 heavy (non-hydrogen) atoms. The second-order valence-corrected chi connectivity index (χ2v) is 5.65. The van der Waals surface area contributed by atoms with Crippen LogP contribution < -0.4 is 0 Å². The summed E-state index contributed by atoms with van der Waals surface area (Å²) in [6.45, 7) is 0.801. The first-order valence-electron chi connectivity index (χ1n) is 6.73. The zero-order chi connectivity index (χ0) is 14.5. The summed E-state index contributed by atoms with van der Waals surface area (Å²) in [7, 11) is 0. The van der Waals surface area contributed by atoms with Crippen molar-refractivity contribution in [1.82, 2.24) is 4.98 Å². The first-order chi connectivity index (χ1) is 9.30. The lowest BCUT2D eigenvalue weighted by molar-refractivity contribution is -0.258. The Morgan fingerprint density at radius 1 is 1.10 bits per heavy atom. The molecule has 3 rings (SSSR count). The second kappa shape index (κ2) is 4.25. The summed E-state index contributed by atoms with van der Waals surface area (Å²) in [4.78, 5) is 2.86. The van der Waals surface area contributed by atoms with Crippen LogP contribution in [-0.2, 0) is 18.4 Å². The van der Waals surface area contributed by atoms with Crippen molar-refractivity contribution in [3.63, 3.8) is 0 Å². The highest BCUT2D eigenvalue weighted by Gasteiger charge is 2.52. The van der Waals surface area contributed by atoms with Gasteiger partial charge in [0.2, 0.25) is 0 Å². The van der Waals surface area contributed by atoms with Crippen molar-refractivity contribution in [3.8, 4) is 0 Å². The highest BCUT2D eigenvalue weighted by molar-refractivity contribution is 5.86. The maximum atomic E-state index is 13.0. The molecule has 1 aromatic carbocycles. The number of hydrogen-bond donors (Lipinski definition) is 2. The van der Waals surface area contributed by atoms with Crippen molar-refractivity contribution < 1.29 is 18.3 Å². The summed E-state index contributed by atoms with van der Waals surface area (Å²) < 4.78 is 39.0. The molecular formula is C15H16F3NO. The maximum Gasteiger partial charge on any atom is 0.421 e. The smallest absolute Gasteiger partial charge is 0.376 e. The summed E-state index contributed by atoms with van der Waals surface area (Å²) in [6, 6.07) is 3.72. The van der Waals surface area contributed by atoms with Gasteiger partial charge in [0.25, 0.3) is 0 Å². The summed E-state index contributed by atoms with van der Waals surface area (Å²) in [5.74, 6) is 0. The molecular weight excluding hydrogens is 267 g/mol. The van der Waals surface area contributed by atoms with Crippen molar-refractivity contribution in [2.75, 3.05) is 0 Å². The first kappa shape index (κ1) is 13.5. The monoisotopic (exact) mass is 283 g/mol. The largest absolute Gasteiger partial charge is 0.421 e. The summed E-state index contributed by atoms with van der Waals surface area (Å²) >= 11 is 0. The van der Waals surface area contributed by atoms with Crippen LogP contribution in [0.3, 0.4) is 0 Å². The number of alkyl halides is 3. The van der Waals surface area contributed by atoms with Gasteiger partial charge in [0.05, 0.1) is 0 Å². The Morgan fingerprint density at radius 2 is 1.70 bits per heavy atom. The number of benzene rings is 1. The van der Waals surface area contributed by atoms with Gasteiger partial charge in [0, 0.05) is 22.7 Å². The third-order valence-electron chi connectivity index (χ3n) is 4.22. The Kier molecular flexibility index (Phi) is 2.87. The lowest BCUT2D eigenvalue weighted by Crippen LogP contribution is -2.39. The summed E-state index contributed by atoms with van der Waals surface area (Å²) in [5, 5.41) is 10.3. The molecule has 0 bridgehead atoms. The number of hydrogen-bond acceptors (Lipinski definition) is 1. The van der Waals surface area contributed by atoms with Crippen LogP contribution in [0, 0.1) is 0 Å². The van der Waals surface area contributed by atoms with Crippen molar-refractivity contribution in [3.05, 3.63) is 35.0 Å². The van der Waals surface area contributed by atoms with Crippen LogP contribution in [0.15, 0.2) is 18.3 Å². The highest BCUT2D eigenvalue weighted by atomic mass is 19.4. The van der Waals surface area contributed by atoms with E-state index in [0.29, 0.717) is 10.9 Å². The molecule has 0 saturated heterocycles. The predicted molar refractivity (Wildman–Crippen MR) is 70.6 cm³/mol. The molecule has 2 aromatic rings. The molecule has 1 heterocycles. The van der Waals surface area contributed by atoms with Crippen molar-refractivity contribution >= 4 is 10.9 Å². The number of aryl methyl sites for hydroxylation is 2. The van der Waals surface area contributed by atoms with Gasteiger partial charge in [-0.25, -0.2) is 0 Å². The van der Waals surface area contributed by atoms with Crippen LogP contribution in [0.4, 0.5) is 13.2 Å². The first-order valence-corrected chi connectivity index (χ1v) is 6.73. The average Bonchev–Trinajstić information content (AvgIpc) is 2.77. The lowest BCUT2D eigenvalue weighted by Gasteiger charge is -2.26. The van der Waals surface area contributed by atoms with E-state index >= 15 is 0 Å². The molecule has 2 nitrogen and oxygen atoms in total. The van der Waals surface area contributed by atoms with Gasteiger partial charge in [-0.05, 0) is 55.9 Å². The van der Waals surface area contributed by atoms with E-state index in [1.807, 2.05) is 6.07 Å². The second-order valence-electron chi connectivity index (χ2n) is 5.65. The fourth-order valence-electron chi connectivity index (χ4n) is 2.91. The van der Waals surface area contributed by atoms with Crippen LogP contribution in [0.5, 0.6) is 0 Å². The Morgan fingerprint density at radius 3 is 2.30 bits per heavy atom. The molecule has 1 atom stereocenters. The lowest BCUT2D eigenvalue weighted by atomic mass is 9.88. The number of aliphatic hydroxyl groups is 1. The van der Waals surface area contributed by atoms with Gasteiger partial charge >= 0.3 is 6.18 Å². The van der Waals surface area contributed by atoms with E-state index in [1.165, 1.54) is 11.8 Å². The minimum atomic E-state index is -4.70. The highest BCUT2D eigenvalue weighted by Crippen LogP contribution is 2.42. The van der Waals surface area contributed by atoms with Gasteiger partial charge in [0.15, 0.2) is 5.60 Å². The van der Waals surface area contributed by atoms with Gasteiger partial charge in [-0.2, -0.15) is 13.2 Å². The van der Waals surface area contributed by atoms with Crippen LogP contribution in [0.1, 0.15) is 36.5 Å². The van der Waals surface area contributed by atoms with E-state index in [2.05, 4.69) is 4.98 Å². The molecule has 2 N–H and O–H groups in total. The molecule has 1 unspecified atom stereocenters. The zero-order valence-corrected chi connectivity index (χ0v) is 11.1. The van der Waals surface area contributed by atoms with Gasteiger partial charge in [-0.3, -0.25) is 0 Å². The van der Waals surface area contributed by atoms with Crippen LogP contribution in [0.2, 0.25) is 0 Å². The standard InChI is InChI=1S/C15H16F3NO/c1-14(20,15(16,17)18)12-8-19-13-7-10-5-3-2-4-9(10)6-11(12)13/h6-8,19-20H,2-5H2,1H3. The number of H-pyrrole nitrogens is 1. The zero-order valence-electron chi connectivity index (χ0n) is 11.1. The van der Waals surface area contributed by atoms with E-state index in [4.69, 9.17) is 0 Å². The fraction of sp³-hybridized carbons (Fsp3) is 0.467. The van der Waals surface area contributed by atoms with Gasteiger partial charge in [0.1, 0.15) is 0 Å². The molecule has 0 fully saturated rings. The molecule has 1 aromatic heterocycles. The van der Waals surface area contributed by atoms with Gasteiger partial charge in [-0.1, -0.05) is 0 Å². The van der Waals surface area contributed by atoms with Gasteiger partial charge < -0.3 is 10.1 Å². The van der Waals surface area contributed by atoms with Crippen molar-refractivity contribution in [2.24, 2.45) is 0 Å². The molecule has 5 heteroatoms. The molecule has 0 aliphatic heterocycles. The maximum absolute atomic E-state index is 13.0. The van der Waals surface area contributed by atoms with Gasteiger partial charge in [-0.15, -0.1) is 0 Å². The Balaban J connectivity index is 2.19. The molecule has 1 aliphatic carbocycles. The van der Waals surface area contributed by atoms with Crippen molar-refractivity contribution in [2.45, 2.75) is 44.4 Å². The normalized spacial score (nSPS) is 18.9. The van der Waals surface area contributed by atoms with Crippen LogP contribution >= 0.6 is 0 Å². The van der Waals surface area contributed by atoms with Crippen molar-refractivity contribution in [1.29, 1.82) is 0 Å². The summed E-state index contributed by atoms with van der Waals surface area (Å²) in [5.41, 5.74) is 0.0126. The molecule has 0 amide bonds. The number of aromatic nitrogens is 1. The third kappa shape index (κ3) is 1.92. The number of aromatic amines is 1. The minimum Gasteiger partial charge on any atom is -0.376 e. The number of nitrogens with one attached hydrogen (secondary N) is 1. The molecule has 0 spiro atoms. The number of halogens is 3. The van der Waals surface area contributed by atoms with E-state index in [9.17, 15) is 18.3 Å². The molecule has 108 valence electrons. The minimum absolute atomic E-state index is 0.103. The Hall–Kier alpha value is -1.49. The SMILES string of the molecule is CC(O)(c1c[nH]c2cc3c(cc12)CCCC3)C(F)(F)F. The molecule has 0 radical (unpaired) electrons. The quantitative estimate of drug-likeness (QED) is 0.820. The molecule has 0 saturated carbocycles. The van der Waals surface area contributed by atoms with E-state index in [-0.39, 0.29) is 5.56 Å². The fourth-order valence-corrected chi connectivity index (χ4v) is 2.91. The topological polar surface area (TPSA) is 36.0 Å².